The Balaban J connectivity index is 2.09. The molecular weight excluding hydrogens is 258 g/mol. The maximum atomic E-state index is 10.9. The van der Waals surface area contributed by atoms with E-state index in [0.717, 1.165) is 11.3 Å². The first-order valence-corrected chi connectivity index (χ1v) is 5.90. The summed E-state index contributed by atoms with van der Waals surface area (Å²) in [5.41, 5.74) is 2.12. The van der Waals surface area contributed by atoms with Crippen molar-refractivity contribution in [2.45, 2.75) is 0 Å². The molecule has 1 N–H and O–H groups in total. The number of rotatable bonds is 3. The van der Waals surface area contributed by atoms with E-state index in [1.54, 1.807) is 23.9 Å². The number of carboxylic acids is 1. The number of benzene rings is 1. The monoisotopic (exact) mass is 269 g/mol. The van der Waals surface area contributed by atoms with Gasteiger partial charge in [-0.2, -0.15) is 0 Å². The zero-order valence-corrected chi connectivity index (χ0v) is 10.6. The third-order valence-corrected chi connectivity index (χ3v) is 2.93. The minimum absolute atomic E-state index is 0.00501. The lowest BCUT2D eigenvalue weighted by atomic mass is 10.1. The maximum absolute atomic E-state index is 10.9. The van der Waals surface area contributed by atoms with Gasteiger partial charge in [0.05, 0.1) is 12.8 Å². The maximum Gasteiger partial charge on any atom is 0.356 e. The van der Waals surface area contributed by atoms with E-state index in [-0.39, 0.29) is 5.69 Å². The summed E-state index contributed by atoms with van der Waals surface area (Å²) in [6, 6.07) is 9.22. The Hall–Kier alpha value is -2.89. The molecule has 0 aliphatic carbocycles. The van der Waals surface area contributed by atoms with Crippen LogP contribution in [0.3, 0.4) is 0 Å². The number of imidazole rings is 1. The van der Waals surface area contributed by atoms with Crippen LogP contribution in [0.15, 0.2) is 42.9 Å². The molecule has 0 aliphatic rings. The molecule has 0 unspecified atom stereocenters. The molecule has 20 heavy (non-hydrogen) atoms. The van der Waals surface area contributed by atoms with Gasteiger partial charge >= 0.3 is 5.97 Å². The molecule has 0 radical (unpaired) electrons. The Morgan fingerprint density at radius 2 is 2.20 bits per heavy atom. The van der Waals surface area contributed by atoms with Gasteiger partial charge in [-0.3, -0.25) is 4.40 Å². The lowest BCUT2D eigenvalue weighted by Gasteiger charge is -2.04. The summed E-state index contributed by atoms with van der Waals surface area (Å²) in [7, 11) is 1.60. The molecule has 0 saturated carbocycles. The van der Waals surface area contributed by atoms with Gasteiger partial charge in [0, 0.05) is 17.8 Å². The lowest BCUT2D eigenvalue weighted by Crippen LogP contribution is -1.94. The second-order valence-electron chi connectivity index (χ2n) is 4.20. The van der Waals surface area contributed by atoms with E-state index < -0.39 is 5.97 Å². The smallest absolute Gasteiger partial charge is 0.356 e. The van der Waals surface area contributed by atoms with Crippen LogP contribution in [-0.2, 0) is 0 Å². The van der Waals surface area contributed by atoms with Gasteiger partial charge in [0.1, 0.15) is 17.7 Å². The number of aromatic carboxylic acids is 1. The highest BCUT2D eigenvalue weighted by Gasteiger charge is 2.10. The van der Waals surface area contributed by atoms with Gasteiger partial charge in [0.15, 0.2) is 5.69 Å². The zero-order valence-electron chi connectivity index (χ0n) is 10.6. The van der Waals surface area contributed by atoms with Gasteiger partial charge < -0.3 is 9.84 Å². The van der Waals surface area contributed by atoms with Crippen LogP contribution in [0.25, 0.3) is 16.9 Å². The Labute approximate surface area is 114 Å². The van der Waals surface area contributed by atoms with Crippen LogP contribution in [0, 0.1) is 0 Å². The molecule has 1 aromatic carbocycles. The molecule has 3 rings (SSSR count). The Morgan fingerprint density at radius 3 is 2.95 bits per heavy atom. The van der Waals surface area contributed by atoms with Gasteiger partial charge in [-0.25, -0.2) is 14.8 Å². The van der Waals surface area contributed by atoms with Crippen LogP contribution < -0.4 is 4.74 Å². The van der Waals surface area contributed by atoms with E-state index >= 15 is 0 Å². The number of methoxy groups -OCH3 is 1. The van der Waals surface area contributed by atoms with Crippen molar-refractivity contribution in [2.75, 3.05) is 7.11 Å². The number of ether oxygens (including phenoxy) is 1. The van der Waals surface area contributed by atoms with E-state index in [4.69, 9.17) is 9.84 Å². The van der Waals surface area contributed by atoms with Crippen molar-refractivity contribution < 1.29 is 14.6 Å². The minimum Gasteiger partial charge on any atom is -0.497 e. The molecule has 6 nitrogen and oxygen atoms in total. The molecule has 0 aliphatic heterocycles. The van der Waals surface area contributed by atoms with Gasteiger partial charge in [-0.05, 0) is 12.1 Å². The van der Waals surface area contributed by atoms with Crippen molar-refractivity contribution in [3.63, 3.8) is 0 Å². The quantitative estimate of drug-likeness (QED) is 0.788. The lowest BCUT2D eigenvalue weighted by molar-refractivity contribution is 0.0691. The minimum atomic E-state index is -1.06. The molecule has 2 aromatic heterocycles. The van der Waals surface area contributed by atoms with Crippen LogP contribution in [0.5, 0.6) is 5.75 Å². The first-order valence-electron chi connectivity index (χ1n) is 5.90. The molecule has 100 valence electrons. The summed E-state index contributed by atoms with van der Waals surface area (Å²) in [5.74, 6) is -0.324. The summed E-state index contributed by atoms with van der Waals surface area (Å²) in [5, 5.41) is 8.93. The van der Waals surface area contributed by atoms with E-state index in [1.165, 1.54) is 6.20 Å². The van der Waals surface area contributed by atoms with Gasteiger partial charge in [0.2, 0.25) is 0 Å². The van der Waals surface area contributed by atoms with Gasteiger partial charge in [-0.15, -0.1) is 0 Å². The number of hydrogen-bond donors (Lipinski definition) is 1. The summed E-state index contributed by atoms with van der Waals surface area (Å²) in [6.07, 6.45) is 2.98. The summed E-state index contributed by atoms with van der Waals surface area (Å²) in [4.78, 5) is 19.2. The standard InChI is InChI=1S/C14H11N3O3/c1-20-10-4-2-3-9(5-10)11-6-13-16-12(14(18)19)7-17(13)8-15-11/h2-8H,1H3,(H,18,19). The molecule has 0 amide bonds. The predicted octanol–water partition coefficient (Wildman–Crippen LogP) is 2.10. The van der Waals surface area contributed by atoms with E-state index in [2.05, 4.69) is 9.97 Å². The number of carbonyl (C=O) groups is 1. The molecule has 6 heteroatoms. The van der Waals surface area contributed by atoms with E-state index in [0.29, 0.717) is 11.3 Å². The number of nitrogens with zero attached hydrogens (tertiary/aromatic N) is 3. The number of aromatic nitrogens is 3. The Kier molecular flexibility index (Phi) is 2.83. The summed E-state index contributed by atoms with van der Waals surface area (Å²) < 4.78 is 6.75. The van der Waals surface area contributed by atoms with Gasteiger partial charge in [0.25, 0.3) is 0 Å². The van der Waals surface area contributed by atoms with Crippen molar-refractivity contribution in [3.8, 4) is 17.0 Å². The Bertz CT molecular complexity index is 795. The molecule has 0 spiro atoms. The second-order valence-corrected chi connectivity index (χ2v) is 4.20. The van der Waals surface area contributed by atoms with Crippen molar-refractivity contribution in [3.05, 3.63) is 48.5 Å². The highest BCUT2D eigenvalue weighted by Crippen LogP contribution is 2.22. The average Bonchev–Trinajstić information content (AvgIpc) is 2.90. The first kappa shape index (κ1) is 12.2. The molecule has 0 atom stereocenters. The number of carboxylic acid groups (broad SMARTS) is 1. The topological polar surface area (TPSA) is 76.7 Å². The van der Waals surface area contributed by atoms with Crippen LogP contribution in [-0.4, -0.2) is 32.6 Å². The largest absolute Gasteiger partial charge is 0.497 e. The van der Waals surface area contributed by atoms with Crippen LogP contribution in [0.4, 0.5) is 0 Å². The number of hydrogen-bond acceptors (Lipinski definition) is 4. The molecule has 0 bridgehead atoms. The highest BCUT2D eigenvalue weighted by atomic mass is 16.5. The summed E-state index contributed by atoms with van der Waals surface area (Å²) in [6.45, 7) is 0. The fourth-order valence-corrected chi connectivity index (χ4v) is 1.93. The van der Waals surface area contributed by atoms with Gasteiger partial charge in [-0.1, -0.05) is 12.1 Å². The normalized spacial score (nSPS) is 10.7. The third kappa shape index (κ3) is 2.07. The van der Waals surface area contributed by atoms with Crippen LogP contribution in [0.2, 0.25) is 0 Å². The van der Waals surface area contributed by atoms with Crippen molar-refractivity contribution in [1.82, 2.24) is 14.4 Å². The third-order valence-electron chi connectivity index (χ3n) is 2.93. The predicted molar refractivity (Wildman–Crippen MR) is 71.9 cm³/mol. The Morgan fingerprint density at radius 1 is 1.35 bits per heavy atom. The fourth-order valence-electron chi connectivity index (χ4n) is 1.93. The average molecular weight is 269 g/mol. The highest BCUT2D eigenvalue weighted by molar-refractivity contribution is 5.86. The van der Waals surface area contributed by atoms with Crippen LogP contribution in [0.1, 0.15) is 10.5 Å². The van der Waals surface area contributed by atoms with Crippen LogP contribution >= 0.6 is 0 Å². The molecular formula is C14H11N3O3. The number of fused-ring (bicyclic) bond motifs is 1. The second kappa shape index (κ2) is 4.65. The first-order chi connectivity index (χ1) is 9.67. The van der Waals surface area contributed by atoms with Crippen molar-refractivity contribution in [1.29, 1.82) is 0 Å². The molecule has 2 heterocycles. The molecule has 3 aromatic rings. The summed E-state index contributed by atoms with van der Waals surface area (Å²) >= 11 is 0. The van der Waals surface area contributed by atoms with E-state index in [1.807, 2.05) is 24.3 Å². The fraction of sp³-hybridized carbons (Fsp3) is 0.0714. The molecule has 0 saturated heterocycles. The SMILES string of the molecule is COc1cccc(-c2cc3nc(C(=O)O)cn3cn2)c1. The van der Waals surface area contributed by atoms with Crippen molar-refractivity contribution >= 4 is 11.6 Å². The van der Waals surface area contributed by atoms with Crippen molar-refractivity contribution in [2.24, 2.45) is 0 Å². The van der Waals surface area contributed by atoms with E-state index in [9.17, 15) is 4.79 Å². The molecule has 0 fully saturated rings. The zero-order chi connectivity index (χ0) is 14.1.